The number of hydrogen-bond acceptors (Lipinski definition) is 6. The van der Waals surface area contributed by atoms with Crippen LogP contribution in [0.1, 0.15) is 18.2 Å². The molecule has 0 fully saturated rings. The first-order valence-corrected chi connectivity index (χ1v) is 9.00. The number of aromatic nitrogens is 3. The maximum atomic E-state index is 12.8. The number of rotatable bonds is 4. The van der Waals surface area contributed by atoms with Gasteiger partial charge in [-0.05, 0) is 19.4 Å². The third-order valence-corrected chi connectivity index (χ3v) is 5.72. The highest BCUT2D eigenvalue weighted by molar-refractivity contribution is 7.89. The fourth-order valence-corrected chi connectivity index (χ4v) is 3.95. The van der Waals surface area contributed by atoms with E-state index < -0.39 is 10.0 Å². The molecule has 2 aromatic heterocycles. The number of hydrogen-bond donors (Lipinski definition) is 0. The molecular weight excluding hydrogens is 332 g/mol. The lowest BCUT2D eigenvalue weighted by Gasteiger charge is -2.27. The molecule has 0 saturated heterocycles. The fraction of sp³-hybridized carbons (Fsp3) is 0.400. The summed E-state index contributed by atoms with van der Waals surface area (Å²) >= 11 is 0. The topological polar surface area (TPSA) is 94.4 Å². The highest BCUT2D eigenvalue weighted by Gasteiger charge is 2.30. The predicted octanol–water partition coefficient (Wildman–Crippen LogP) is 0.321. The Morgan fingerprint density at radius 3 is 2.75 bits per heavy atom. The zero-order valence-electron chi connectivity index (χ0n) is 13.5. The van der Waals surface area contributed by atoms with E-state index >= 15 is 0 Å². The van der Waals surface area contributed by atoms with Crippen molar-refractivity contribution in [3.8, 4) is 5.88 Å². The standard InChI is InChI=1S/C15H18N4O4S/c1-3-23-14-5-4-11(8-16-14)24(21,22)19-7-6-12-13(9-19)17-10-18(2)15(12)20/h4-5,8,10H,3,6-7,9H2,1-2H3. The Morgan fingerprint density at radius 2 is 2.08 bits per heavy atom. The first-order valence-electron chi connectivity index (χ1n) is 7.56. The summed E-state index contributed by atoms with van der Waals surface area (Å²) in [5, 5.41) is 0. The minimum atomic E-state index is -3.69. The normalized spacial score (nSPS) is 15.1. The van der Waals surface area contributed by atoms with Gasteiger partial charge in [0.15, 0.2) is 0 Å². The van der Waals surface area contributed by atoms with E-state index in [1.54, 1.807) is 7.05 Å². The molecule has 0 atom stereocenters. The Labute approximate surface area is 139 Å². The van der Waals surface area contributed by atoms with Crippen molar-refractivity contribution in [2.75, 3.05) is 13.2 Å². The van der Waals surface area contributed by atoms with Gasteiger partial charge in [-0.1, -0.05) is 0 Å². The second kappa shape index (κ2) is 6.33. The number of ether oxygens (including phenoxy) is 1. The summed E-state index contributed by atoms with van der Waals surface area (Å²) in [6, 6.07) is 3.00. The van der Waals surface area contributed by atoms with Crippen molar-refractivity contribution in [2.24, 2.45) is 7.05 Å². The number of sulfonamides is 1. The van der Waals surface area contributed by atoms with Gasteiger partial charge < -0.3 is 9.30 Å². The van der Waals surface area contributed by atoms with E-state index in [1.807, 2.05) is 6.92 Å². The lowest BCUT2D eigenvalue weighted by Crippen LogP contribution is -2.40. The van der Waals surface area contributed by atoms with Gasteiger partial charge in [0.25, 0.3) is 5.56 Å². The maximum absolute atomic E-state index is 12.8. The molecule has 9 heteroatoms. The molecule has 8 nitrogen and oxygen atoms in total. The van der Waals surface area contributed by atoms with E-state index in [0.717, 1.165) is 0 Å². The van der Waals surface area contributed by atoms with Crippen LogP contribution in [0.2, 0.25) is 0 Å². The number of pyridine rings is 1. The highest BCUT2D eigenvalue weighted by Crippen LogP contribution is 2.22. The van der Waals surface area contributed by atoms with E-state index in [4.69, 9.17) is 4.74 Å². The van der Waals surface area contributed by atoms with E-state index in [0.29, 0.717) is 30.2 Å². The van der Waals surface area contributed by atoms with Gasteiger partial charge in [-0.3, -0.25) is 4.79 Å². The van der Waals surface area contributed by atoms with Crippen LogP contribution in [0.3, 0.4) is 0 Å². The van der Waals surface area contributed by atoms with Crippen LogP contribution in [-0.4, -0.2) is 40.4 Å². The van der Waals surface area contributed by atoms with Crippen molar-refractivity contribution in [1.29, 1.82) is 0 Å². The highest BCUT2D eigenvalue weighted by atomic mass is 32.2. The molecule has 1 aliphatic rings. The summed E-state index contributed by atoms with van der Waals surface area (Å²) in [7, 11) is -2.06. The largest absolute Gasteiger partial charge is 0.478 e. The van der Waals surface area contributed by atoms with Crippen LogP contribution in [0.4, 0.5) is 0 Å². The zero-order valence-corrected chi connectivity index (χ0v) is 14.3. The van der Waals surface area contributed by atoms with Crippen molar-refractivity contribution in [1.82, 2.24) is 18.8 Å². The summed E-state index contributed by atoms with van der Waals surface area (Å²) in [6.45, 7) is 2.61. The molecule has 0 amide bonds. The molecule has 0 saturated carbocycles. The second-order valence-corrected chi connectivity index (χ2v) is 7.38. The molecule has 0 unspecified atom stereocenters. The Bertz CT molecular complexity index is 906. The summed E-state index contributed by atoms with van der Waals surface area (Å²) in [4.78, 5) is 20.4. The maximum Gasteiger partial charge on any atom is 0.256 e. The molecule has 128 valence electrons. The van der Waals surface area contributed by atoms with Gasteiger partial charge >= 0.3 is 0 Å². The van der Waals surface area contributed by atoms with Crippen LogP contribution >= 0.6 is 0 Å². The first kappa shape index (κ1) is 16.6. The molecule has 0 bridgehead atoms. The average molecular weight is 350 g/mol. The molecule has 0 aromatic carbocycles. The van der Waals surface area contributed by atoms with Crippen molar-refractivity contribution in [3.05, 3.63) is 46.3 Å². The lowest BCUT2D eigenvalue weighted by atomic mass is 10.1. The van der Waals surface area contributed by atoms with Gasteiger partial charge in [0.1, 0.15) is 4.90 Å². The molecule has 3 rings (SSSR count). The molecule has 3 heterocycles. The minimum absolute atomic E-state index is 0.0843. The van der Waals surface area contributed by atoms with Gasteiger partial charge in [0.2, 0.25) is 15.9 Å². The third-order valence-electron chi connectivity index (χ3n) is 3.89. The molecular formula is C15H18N4O4S. The Balaban J connectivity index is 1.88. The molecule has 24 heavy (non-hydrogen) atoms. The van der Waals surface area contributed by atoms with Crippen molar-refractivity contribution < 1.29 is 13.2 Å². The van der Waals surface area contributed by atoms with Crippen molar-refractivity contribution in [3.63, 3.8) is 0 Å². The quantitative estimate of drug-likeness (QED) is 0.788. The van der Waals surface area contributed by atoms with E-state index in [1.165, 1.54) is 33.5 Å². The Kier molecular flexibility index (Phi) is 4.37. The average Bonchev–Trinajstić information content (AvgIpc) is 2.59. The summed E-state index contributed by atoms with van der Waals surface area (Å²) in [5.74, 6) is 0.380. The SMILES string of the molecule is CCOc1ccc(S(=O)(=O)N2CCc3c(ncn(C)c3=O)C2)cn1. The number of nitrogens with zero attached hydrogens (tertiary/aromatic N) is 4. The second-order valence-electron chi connectivity index (χ2n) is 5.44. The van der Waals surface area contributed by atoms with Crippen LogP contribution < -0.4 is 10.3 Å². The van der Waals surface area contributed by atoms with Gasteiger partial charge in [-0.2, -0.15) is 4.31 Å². The molecule has 0 N–H and O–H groups in total. The van der Waals surface area contributed by atoms with Crippen molar-refractivity contribution in [2.45, 2.75) is 24.8 Å². The molecule has 0 aliphatic carbocycles. The Hall–Kier alpha value is -2.26. The van der Waals surface area contributed by atoms with Crippen LogP contribution in [0.15, 0.2) is 34.3 Å². The number of aryl methyl sites for hydroxylation is 1. The van der Waals surface area contributed by atoms with E-state index in [9.17, 15) is 13.2 Å². The van der Waals surface area contributed by atoms with Crippen LogP contribution in [0.5, 0.6) is 5.88 Å². The third kappa shape index (κ3) is 2.92. The van der Waals surface area contributed by atoms with Crippen LogP contribution in [0.25, 0.3) is 0 Å². The van der Waals surface area contributed by atoms with E-state index in [-0.39, 0.29) is 23.5 Å². The first-order chi connectivity index (χ1) is 11.4. The monoisotopic (exact) mass is 350 g/mol. The van der Waals surface area contributed by atoms with Gasteiger partial charge in [-0.25, -0.2) is 18.4 Å². The zero-order chi connectivity index (χ0) is 17.3. The van der Waals surface area contributed by atoms with Crippen LogP contribution in [-0.2, 0) is 30.0 Å². The summed E-state index contributed by atoms with van der Waals surface area (Å²) in [5.41, 5.74) is 0.961. The van der Waals surface area contributed by atoms with Crippen LogP contribution in [0, 0.1) is 0 Å². The molecule has 1 aliphatic heterocycles. The molecule has 0 spiro atoms. The predicted molar refractivity (Wildman–Crippen MR) is 86.2 cm³/mol. The minimum Gasteiger partial charge on any atom is -0.478 e. The van der Waals surface area contributed by atoms with Crippen molar-refractivity contribution >= 4 is 10.0 Å². The lowest BCUT2D eigenvalue weighted by molar-refractivity contribution is 0.326. The molecule has 0 radical (unpaired) electrons. The smallest absolute Gasteiger partial charge is 0.256 e. The van der Waals surface area contributed by atoms with Gasteiger partial charge in [0.05, 0.1) is 31.4 Å². The van der Waals surface area contributed by atoms with E-state index in [2.05, 4.69) is 9.97 Å². The molecule has 2 aromatic rings. The van der Waals surface area contributed by atoms with Gasteiger partial charge in [-0.15, -0.1) is 0 Å². The summed E-state index contributed by atoms with van der Waals surface area (Å²) in [6.07, 6.45) is 3.04. The number of fused-ring (bicyclic) bond motifs is 1. The summed E-state index contributed by atoms with van der Waals surface area (Å²) < 4.78 is 33.4. The fourth-order valence-electron chi connectivity index (χ4n) is 2.60. The van der Waals surface area contributed by atoms with Gasteiger partial charge in [0, 0.05) is 25.2 Å². The Morgan fingerprint density at radius 1 is 1.29 bits per heavy atom.